The highest BCUT2D eigenvalue weighted by Gasteiger charge is 2.21. The highest BCUT2D eigenvalue weighted by atomic mass is 28.3. The van der Waals surface area contributed by atoms with E-state index in [9.17, 15) is 5.11 Å². The first kappa shape index (κ1) is 16.4. The summed E-state index contributed by atoms with van der Waals surface area (Å²) in [4.78, 5) is 0. The molecule has 93 valence electrons. The second-order valence-corrected chi connectivity index (χ2v) is 5.19. The normalized spacial score (nSPS) is 10.3. The molecular weight excluding hydrogens is 248 g/mol. The molecule has 0 spiro atoms. The zero-order valence-corrected chi connectivity index (χ0v) is 12.4. The molecule has 0 aliphatic carbocycles. The van der Waals surface area contributed by atoms with Crippen LogP contribution in [0.1, 0.15) is 26.7 Å². The van der Waals surface area contributed by atoms with Gasteiger partial charge in [0.05, 0.1) is 0 Å². The molecule has 1 N–H and O–H groups in total. The van der Waals surface area contributed by atoms with Crippen LogP contribution < -0.4 is 5.19 Å². The van der Waals surface area contributed by atoms with E-state index in [1.165, 1.54) is 0 Å². The van der Waals surface area contributed by atoms with Gasteiger partial charge in [0.1, 0.15) is 5.75 Å². The van der Waals surface area contributed by atoms with Crippen molar-refractivity contribution in [3.8, 4) is 5.75 Å². The minimum atomic E-state index is -1.53. The monoisotopic (exact) mass is 267 g/mol. The Bertz CT molecular complexity index is 300. The Morgan fingerprint density at radius 3 is 2.06 bits per heavy atom. The molecule has 0 atom stereocenters. The van der Waals surface area contributed by atoms with Crippen molar-refractivity contribution in [3.63, 3.8) is 0 Å². The molecule has 0 saturated carbocycles. The summed E-state index contributed by atoms with van der Waals surface area (Å²) in [7, 11) is -1.53. The fraction of sp³-hybridized carbons (Fsp3) is 0.500. The third kappa shape index (κ3) is 5.49. The van der Waals surface area contributed by atoms with Crippen LogP contribution in [0, 0.1) is 0 Å². The van der Waals surface area contributed by atoms with Gasteiger partial charge in [0, 0.05) is 29.4 Å². The zero-order chi connectivity index (χ0) is 11.8. The molecule has 0 heterocycles. The van der Waals surface area contributed by atoms with Crippen molar-refractivity contribution in [2.24, 2.45) is 0 Å². The topological polar surface area (TPSA) is 38.7 Å². The predicted molar refractivity (Wildman–Crippen MR) is 71.7 cm³/mol. The molecular formula is C12H19O3Si2. The van der Waals surface area contributed by atoms with E-state index in [1.807, 2.05) is 12.1 Å². The Labute approximate surface area is 110 Å². The Balaban J connectivity index is 0.00000256. The third-order valence-corrected chi connectivity index (χ3v) is 3.79. The van der Waals surface area contributed by atoms with E-state index in [2.05, 4.69) is 13.8 Å². The van der Waals surface area contributed by atoms with Crippen LogP contribution >= 0.6 is 0 Å². The van der Waals surface area contributed by atoms with E-state index in [0.717, 1.165) is 18.0 Å². The maximum atomic E-state index is 9.75. The maximum absolute atomic E-state index is 9.75. The Morgan fingerprint density at radius 2 is 1.59 bits per heavy atom. The van der Waals surface area contributed by atoms with Gasteiger partial charge in [0.2, 0.25) is 0 Å². The van der Waals surface area contributed by atoms with E-state index in [1.54, 1.807) is 12.1 Å². The van der Waals surface area contributed by atoms with Crippen molar-refractivity contribution < 1.29 is 14.0 Å². The van der Waals surface area contributed by atoms with Crippen LogP contribution in [0.15, 0.2) is 24.3 Å². The number of hydrogen-bond acceptors (Lipinski definition) is 3. The zero-order valence-electron chi connectivity index (χ0n) is 10.4. The Kier molecular flexibility index (Phi) is 9.06. The summed E-state index contributed by atoms with van der Waals surface area (Å²) in [5.41, 5.74) is 0. The first-order chi connectivity index (χ1) is 7.79. The molecule has 0 bridgehead atoms. The summed E-state index contributed by atoms with van der Waals surface area (Å²) < 4.78 is 11.4. The predicted octanol–water partition coefficient (Wildman–Crippen LogP) is 1.56. The van der Waals surface area contributed by atoms with Crippen LogP contribution in [0.2, 0.25) is 0 Å². The fourth-order valence-corrected chi connectivity index (χ4v) is 2.93. The lowest BCUT2D eigenvalue weighted by Crippen LogP contribution is -2.37. The van der Waals surface area contributed by atoms with Gasteiger partial charge in [-0.05, 0) is 18.9 Å². The highest BCUT2D eigenvalue weighted by molar-refractivity contribution is 6.62. The molecule has 0 saturated heterocycles. The smallest absolute Gasteiger partial charge is 0.427 e. The fourth-order valence-electron chi connectivity index (χ4n) is 1.23. The Morgan fingerprint density at radius 1 is 1.06 bits per heavy atom. The number of rotatable bonds is 7. The summed E-state index contributed by atoms with van der Waals surface area (Å²) in [6, 6.07) is 7.24. The molecule has 0 unspecified atom stereocenters. The first-order valence-corrected chi connectivity index (χ1v) is 7.02. The summed E-state index contributed by atoms with van der Waals surface area (Å²) in [6.45, 7) is 5.47. The first-order valence-electron chi connectivity index (χ1n) is 5.70. The lowest BCUT2D eigenvalue weighted by Gasteiger charge is -2.15. The molecule has 5 radical (unpaired) electrons. The van der Waals surface area contributed by atoms with Crippen molar-refractivity contribution in [1.82, 2.24) is 0 Å². The molecule has 0 aromatic heterocycles. The largest absolute Gasteiger partial charge is 0.508 e. The summed E-state index contributed by atoms with van der Waals surface area (Å²) in [5, 5.41) is 10.5. The number of phenolic OH excluding ortho intramolecular Hbond substituents is 1. The quantitative estimate of drug-likeness (QED) is 0.762. The van der Waals surface area contributed by atoms with Gasteiger partial charge in [0.15, 0.2) is 0 Å². The second-order valence-electron chi connectivity index (χ2n) is 3.50. The van der Waals surface area contributed by atoms with E-state index in [4.69, 9.17) is 8.85 Å². The van der Waals surface area contributed by atoms with Crippen molar-refractivity contribution >= 4 is 25.4 Å². The lowest BCUT2D eigenvalue weighted by molar-refractivity contribution is 0.207. The van der Waals surface area contributed by atoms with Crippen LogP contribution in [0.3, 0.4) is 0 Å². The van der Waals surface area contributed by atoms with Gasteiger partial charge in [-0.15, -0.1) is 0 Å². The third-order valence-electron chi connectivity index (χ3n) is 2.00. The highest BCUT2D eigenvalue weighted by Crippen LogP contribution is 2.07. The maximum Gasteiger partial charge on any atom is 0.427 e. The lowest BCUT2D eigenvalue weighted by atomic mass is 10.3. The Hall–Kier alpha value is -0.626. The second kappa shape index (κ2) is 9.41. The van der Waals surface area contributed by atoms with E-state index < -0.39 is 9.28 Å². The van der Waals surface area contributed by atoms with Crippen molar-refractivity contribution in [2.75, 3.05) is 13.2 Å². The minimum Gasteiger partial charge on any atom is -0.508 e. The van der Waals surface area contributed by atoms with Gasteiger partial charge >= 0.3 is 9.28 Å². The molecule has 3 nitrogen and oxygen atoms in total. The van der Waals surface area contributed by atoms with Gasteiger partial charge in [-0.1, -0.05) is 32.0 Å². The molecule has 5 heteroatoms. The van der Waals surface area contributed by atoms with E-state index in [0.29, 0.717) is 13.2 Å². The standard InChI is InChI=1S/C12H19O3Si.Si/c1-3-9-14-16(15-10-4-2)12-8-6-5-7-11(12)13;/h5-8,13H,3-4,9-10H2,1-2H3;. The molecule has 0 aliphatic heterocycles. The number of phenols is 1. The van der Waals surface area contributed by atoms with Gasteiger partial charge in [0.25, 0.3) is 0 Å². The van der Waals surface area contributed by atoms with Crippen LogP contribution in [0.5, 0.6) is 5.75 Å². The molecule has 17 heavy (non-hydrogen) atoms. The summed E-state index contributed by atoms with van der Waals surface area (Å²) >= 11 is 0. The molecule has 0 fully saturated rings. The molecule has 0 amide bonds. The summed E-state index contributed by atoms with van der Waals surface area (Å²) in [6.07, 6.45) is 1.91. The molecule has 1 aromatic rings. The van der Waals surface area contributed by atoms with E-state index >= 15 is 0 Å². The minimum absolute atomic E-state index is 0. The SMILES string of the molecule is CCCO[Si](OCCC)c1ccccc1O.[Si]. The van der Waals surface area contributed by atoms with Gasteiger partial charge in [-0.3, -0.25) is 0 Å². The number of para-hydroxylation sites is 1. The van der Waals surface area contributed by atoms with E-state index in [-0.39, 0.29) is 16.7 Å². The number of benzene rings is 1. The summed E-state index contributed by atoms with van der Waals surface area (Å²) in [5.74, 6) is 0.267. The average molecular weight is 267 g/mol. The van der Waals surface area contributed by atoms with Crippen molar-refractivity contribution in [1.29, 1.82) is 0 Å². The molecule has 1 aromatic carbocycles. The van der Waals surface area contributed by atoms with Gasteiger partial charge in [-0.2, -0.15) is 0 Å². The van der Waals surface area contributed by atoms with Crippen LogP contribution in [0.4, 0.5) is 0 Å². The van der Waals surface area contributed by atoms with Crippen LogP contribution in [-0.4, -0.2) is 38.6 Å². The van der Waals surface area contributed by atoms with Gasteiger partial charge < -0.3 is 14.0 Å². The van der Waals surface area contributed by atoms with Gasteiger partial charge in [-0.25, -0.2) is 0 Å². The average Bonchev–Trinajstić information content (AvgIpc) is 2.31. The van der Waals surface area contributed by atoms with Crippen LogP contribution in [0.25, 0.3) is 0 Å². The number of hydrogen-bond donors (Lipinski definition) is 1. The van der Waals surface area contributed by atoms with Crippen LogP contribution in [-0.2, 0) is 8.85 Å². The molecule has 1 rings (SSSR count). The number of aromatic hydroxyl groups is 1. The molecule has 0 aliphatic rings. The van der Waals surface area contributed by atoms with Crippen molar-refractivity contribution in [3.05, 3.63) is 24.3 Å². The van der Waals surface area contributed by atoms with Crippen molar-refractivity contribution in [2.45, 2.75) is 26.7 Å².